The number of aromatic amines is 1. The molecule has 5 N–H and O–H groups in total. The molecule has 12 nitrogen and oxygen atoms in total. The van der Waals surface area contributed by atoms with Crippen LogP contribution in [-0.4, -0.2) is 71.9 Å². The number of ether oxygens (including phenoxy) is 1. The molecule has 0 aliphatic heterocycles. The zero-order chi connectivity index (χ0) is 17.1. The maximum absolute atomic E-state index is 10.9. The number of aliphatic hydroxyl groups is 2. The van der Waals surface area contributed by atoms with Crippen molar-refractivity contribution >= 4 is 23.9 Å². The second kappa shape index (κ2) is 9.95. The van der Waals surface area contributed by atoms with E-state index >= 15 is 0 Å². The van der Waals surface area contributed by atoms with E-state index in [4.69, 9.17) is 20.4 Å². The van der Waals surface area contributed by atoms with Crippen LogP contribution >= 0.6 is 0 Å². The summed E-state index contributed by atoms with van der Waals surface area (Å²) in [5.41, 5.74) is 0. The van der Waals surface area contributed by atoms with Gasteiger partial charge in [0.15, 0.2) is 12.2 Å². The number of carboxylic acids is 2. The molecule has 12 heteroatoms. The molecular weight excluding hydrogens is 306 g/mol. The van der Waals surface area contributed by atoms with Crippen LogP contribution < -0.4 is 0 Å². The van der Waals surface area contributed by atoms with Gasteiger partial charge in [-0.1, -0.05) is 0 Å². The Balaban J connectivity index is 0.000000734. The number of hydrogen-bond acceptors (Lipinski definition) is 9. The average molecular weight is 319 g/mol. The first-order valence-electron chi connectivity index (χ1n) is 5.59. The number of rotatable bonds is 6. The van der Waals surface area contributed by atoms with E-state index in [0.717, 1.165) is 0 Å². The van der Waals surface area contributed by atoms with Gasteiger partial charge in [-0.25, -0.2) is 9.59 Å². The number of hydrogen-bond donors (Lipinski definition) is 5. The van der Waals surface area contributed by atoms with Crippen molar-refractivity contribution in [3.05, 3.63) is 12.4 Å². The first kappa shape index (κ1) is 19.1. The lowest BCUT2D eigenvalue weighted by Gasteiger charge is -2.09. The van der Waals surface area contributed by atoms with Crippen molar-refractivity contribution in [2.45, 2.75) is 25.0 Å². The fourth-order valence-corrected chi connectivity index (χ4v) is 0.899. The molecule has 2 atom stereocenters. The lowest BCUT2D eigenvalue weighted by atomic mass is 10.2. The Bertz CT molecular complexity index is 453. The van der Waals surface area contributed by atoms with Gasteiger partial charge in [-0.05, 0) is 0 Å². The zero-order valence-electron chi connectivity index (χ0n) is 10.9. The van der Waals surface area contributed by atoms with Gasteiger partial charge >= 0.3 is 23.9 Å². The summed E-state index contributed by atoms with van der Waals surface area (Å²) < 4.78 is 3.87. The molecule has 0 aromatic carbocycles. The smallest absolute Gasteiger partial charge is 0.343 e. The molecule has 0 amide bonds. The van der Waals surface area contributed by atoms with Gasteiger partial charge < -0.3 is 25.2 Å². The molecule has 2 unspecified atom stereocenters. The highest BCUT2D eigenvalue weighted by molar-refractivity contribution is 5.92. The van der Waals surface area contributed by atoms with E-state index in [2.05, 4.69) is 20.1 Å². The van der Waals surface area contributed by atoms with Crippen LogP contribution in [0.1, 0.15) is 12.8 Å². The van der Waals surface area contributed by atoms with Crippen LogP contribution in [-0.2, 0) is 23.9 Å². The molecule has 0 aliphatic rings. The summed E-state index contributed by atoms with van der Waals surface area (Å²) in [7, 11) is 0. The number of carboxylic acid groups (broad SMARTS) is 2. The Hall–Kier alpha value is -2.86. The fraction of sp³-hybridized carbons (Fsp3) is 0.400. The normalized spacial score (nSPS) is 12.3. The summed E-state index contributed by atoms with van der Waals surface area (Å²) >= 11 is 0. The molecule has 0 aliphatic carbocycles. The Kier molecular flexibility index (Phi) is 8.66. The van der Waals surface area contributed by atoms with Crippen molar-refractivity contribution in [1.82, 2.24) is 15.4 Å². The monoisotopic (exact) mass is 319 g/mol. The van der Waals surface area contributed by atoms with Gasteiger partial charge in [0.1, 0.15) is 0 Å². The topological polar surface area (TPSA) is 200 Å². The first-order chi connectivity index (χ1) is 10.2. The molecule has 1 heterocycles. The van der Waals surface area contributed by atoms with Crippen LogP contribution in [0, 0.1) is 0 Å². The first-order valence-corrected chi connectivity index (χ1v) is 5.59. The standard InChI is InChI=1S/C8H10O9.C2H3N3/c9-3(1-5(11)12)7(15)17-8(16)4(10)2-6(13)14;1-2-4-5-3-1/h3-4,9-10H,1-2H2,(H,11,12)(H,13,14);1-2H,(H,3,4,5). The van der Waals surface area contributed by atoms with E-state index in [-0.39, 0.29) is 0 Å². The fourth-order valence-electron chi connectivity index (χ4n) is 0.899. The zero-order valence-corrected chi connectivity index (χ0v) is 10.9. The van der Waals surface area contributed by atoms with E-state index in [0.29, 0.717) is 0 Å². The number of esters is 2. The average Bonchev–Trinajstić information content (AvgIpc) is 2.95. The van der Waals surface area contributed by atoms with Crippen molar-refractivity contribution in [3.8, 4) is 0 Å². The van der Waals surface area contributed by atoms with E-state index in [9.17, 15) is 19.2 Å². The number of aliphatic hydroxyl groups excluding tert-OH is 2. The Morgan fingerprint density at radius 2 is 1.27 bits per heavy atom. The maximum Gasteiger partial charge on any atom is 0.343 e. The molecule has 0 bridgehead atoms. The highest BCUT2D eigenvalue weighted by atomic mass is 16.6. The van der Waals surface area contributed by atoms with Crippen LogP contribution in [0.25, 0.3) is 0 Å². The van der Waals surface area contributed by atoms with Crippen LogP contribution in [0.5, 0.6) is 0 Å². The van der Waals surface area contributed by atoms with Gasteiger partial charge in [0.25, 0.3) is 0 Å². The van der Waals surface area contributed by atoms with E-state index in [1.165, 1.54) is 0 Å². The molecule has 0 spiro atoms. The van der Waals surface area contributed by atoms with Crippen molar-refractivity contribution in [1.29, 1.82) is 0 Å². The van der Waals surface area contributed by atoms with Crippen LogP contribution in [0.15, 0.2) is 12.4 Å². The molecule has 1 rings (SSSR count). The largest absolute Gasteiger partial charge is 0.481 e. The Morgan fingerprint density at radius 3 is 1.50 bits per heavy atom. The molecule has 0 fully saturated rings. The Labute approximate surface area is 122 Å². The van der Waals surface area contributed by atoms with Crippen molar-refractivity contribution in [3.63, 3.8) is 0 Å². The third-order valence-corrected chi connectivity index (χ3v) is 1.81. The molecule has 0 saturated heterocycles. The minimum absolute atomic E-state index is 0.971. The van der Waals surface area contributed by atoms with Gasteiger partial charge in [0.05, 0.1) is 25.2 Å². The minimum Gasteiger partial charge on any atom is -0.481 e. The lowest BCUT2D eigenvalue weighted by molar-refractivity contribution is -0.174. The molecular formula is C10H13N3O9. The van der Waals surface area contributed by atoms with E-state index < -0.39 is 48.9 Å². The van der Waals surface area contributed by atoms with Gasteiger partial charge in [-0.3, -0.25) is 9.59 Å². The summed E-state index contributed by atoms with van der Waals surface area (Å²) in [4.78, 5) is 41.9. The Morgan fingerprint density at radius 1 is 0.909 bits per heavy atom. The number of aliphatic carboxylic acids is 2. The van der Waals surface area contributed by atoms with Gasteiger partial charge in [-0.2, -0.15) is 15.4 Å². The molecule has 1 aromatic heterocycles. The third-order valence-electron chi connectivity index (χ3n) is 1.81. The number of aromatic nitrogens is 3. The van der Waals surface area contributed by atoms with E-state index in [1.807, 2.05) is 0 Å². The summed E-state index contributed by atoms with van der Waals surface area (Å²) in [5, 5.41) is 43.6. The van der Waals surface area contributed by atoms with Crippen molar-refractivity contribution in [2.24, 2.45) is 0 Å². The van der Waals surface area contributed by atoms with Gasteiger partial charge in [0, 0.05) is 0 Å². The summed E-state index contributed by atoms with van der Waals surface area (Å²) in [6.07, 6.45) is -2.90. The predicted molar refractivity (Wildman–Crippen MR) is 64.0 cm³/mol. The maximum atomic E-state index is 10.9. The summed E-state index contributed by atoms with van der Waals surface area (Å²) in [5.74, 6) is -6.12. The quantitative estimate of drug-likeness (QED) is 0.275. The minimum atomic E-state index is -2.06. The molecule has 22 heavy (non-hydrogen) atoms. The molecule has 1 aromatic rings. The second-order valence-corrected chi connectivity index (χ2v) is 3.62. The van der Waals surface area contributed by atoms with Crippen molar-refractivity contribution < 1.29 is 44.3 Å². The number of H-pyrrole nitrogens is 1. The van der Waals surface area contributed by atoms with Gasteiger partial charge in [0.2, 0.25) is 0 Å². The second-order valence-electron chi connectivity index (χ2n) is 3.62. The molecule has 122 valence electrons. The predicted octanol–water partition coefficient (Wildman–Crippen LogP) is -2.47. The number of carbonyl (C=O) groups is 4. The van der Waals surface area contributed by atoms with E-state index in [1.54, 1.807) is 12.4 Å². The number of nitrogens with one attached hydrogen (secondary N) is 1. The van der Waals surface area contributed by atoms with Crippen LogP contribution in [0.2, 0.25) is 0 Å². The number of carbonyl (C=O) groups excluding carboxylic acids is 2. The van der Waals surface area contributed by atoms with Crippen LogP contribution in [0.3, 0.4) is 0 Å². The molecule has 0 saturated carbocycles. The lowest BCUT2D eigenvalue weighted by Crippen LogP contribution is -2.33. The third kappa shape index (κ3) is 9.11. The SMILES string of the molecule is O=C(O)CC(O)C(=O)OC(=O)C(O)CC(=O)O.c1cn[nH]n1. The highest BCUT2D eigenvalue weighted by Crippen LogP contribution is 2.00. The van der Waals surface area contributed by atoms with Crippen LogP contribution in [0.4, 0.5) is 0 Å². The highest BCUT2D eigenvalue weighted by Gasteiger charge is 2.27. The van der Waals surface area contributed by atoms with Crippen molar-refractivity contribution in [2.75, 3.05) is 0 Å². The summed E-state index contributed by atoms with van der Waals surface area (Å²) in [6, 6.07) is 0. The molecule has 0 radical (unpaired) electrons. The number of nitrogens with zero attached hydrogens (tertiary/aromatic N) is 2. The van der Waals surface area contributed by atoms with Gasteiger partial charge in [-0.15, -0.1) is 0 Å². The summed E-state index contributed by atoms with van der Waals surface area (Å²) in [6.45, 7) is 0.